The Bertz CT molecular complexity index is 476. The first kappa shape index (κ1) is 16.6. The molecule has 1 atom stereocenters. The lowest BCUT2D eigenvalue weighted by Gasteiger charge is -2.35. The molecule has 3 nitrogen and oxygen atoms in total. The number of aromatic hydroxyl groups is 1. The molecular formula is C14H18BrF3N2O. The normalized spacial score (nSPS) is 18.7. The van der Waals surface area contributed by atoms with Gasteiger partial charge in [0.1, 0.15) is 5.75 Å². The second-order valence-electron chi connectivity index (χ2n) is 5.13. The van der Waals surface area contributed by atoms with Crippen LogP contribution in [-0.4, -0.2) is 42.4 Å². The van der Waals surface area contributed by atoms with Crippen LogP contribution in [0.1, 0.15) is 24.4 Å². The number of halogens is 4. The van der Waals surface area contributed by atoms with Gasteiger partial charge in [0.05, 0.1) is 4.47 Å². The Balaban J connectivity index is 2.23. The van der Waals surface area contributed by atoms with Crippen LogP contribution in [0.25, 0.3) is 0 Å². The van der Waals surface area contributed by atoms with Gasteiger partial charge < -0.3 is 10.4 Å². The van der Waals surface area contributed by atoms with Crippen LogP contribution in [0.2, 0.25) is 0 Å². The quantitative estimate of drug-likeness (QED) is 0.856. The molecule has 1 aromatic rings. The van der Waals surface area contributed by atoms with E-state index in [1.165, 1.54) is 0 Å². The first-order valence-electron chi connectivity index (χ1n) is 6.87. The minimum absolute atomic E-state index is 0.0307. The van der Waals surface area contributed by atoms with E-state index in [1.807, 2.05) is 4.90 Å². The predicted molar refractivity (Wildman–Crippen MR) is 78.3 cm³/mol. The molecule has 0 radical (unpaired) electrons. The maximum atomic E-state index is 12.6. The van der Waals surface area contributed by atoms with Crippen molar-refractivity contribution in [3.8, 4) is 5.75 Å². The van der Waals surface area contributed by atoms with Crippen LogP contribution in [0.4, 0.5) is 13.2 Å². The van der Waals surface area contributed by atoms with Crippen molar-refractivity contribution in [2.24, 2.45) is 0 Å². The summed E-state index contributed by atoms with van der Waals surface area (Å²) in [6, 6.07) is 4.69. The standard InChI is InChI=1S/C14H18BrF3N2O/c15-11-3-1-2-10(13(11)21)12(4-5-14(16,17)18)20-8-6-19-7-9-20/h1-3,12,19,21H,4-9H2/t12-/m1/s1. The molecule has 1 saturated heterocycles. The second kappa shape index (κ2) is 6.98. The van der Waals surface area contributed by atoms with Gasteiger partial charge >= 0.3 is 6.18 Å². The largest absolute Gasteiger partial charge is 0.506 e. The number of alkyl halides is 3. The molecule has 0 bridgehead atoms. The Hall–Kier alpha value is -0.790. The predicted octanol–water partition coefficient (Wildman–Crippen LogP) is 3.44. The number of piperazine rings is 1. The highest BCUT2D eigenvalue weighted by Gasteiger charge is 2.32. The lowest BCUT2D eigenvalue weighted by atomic mass is 9.98. The average Bonchev–Trinajstić information content (AvgIpc) is 2.43. The van der Waals surface area contributed by atoms with Gasteiger partial charge in [-0.15, -0.1) is 0 Å². The highest BCUT2D eigenvalue weighted by Crippen LogP contribution is 2.38. The van der Waals surface area contributed by atoms with E-state index in [9.17, 15) is 18.3 Å². The highest BCUT2D eigenvalue weighted by atomic mass is 79.9. The maximum absolute atomic E-state index is 12.6. The third-order valence-electron chi connectivity index (χ3n) is 3.67. The summed E-state index contributed by atoms with van der Waals surface area (Å²) in [4.78, 5) is 2.00. The number of nitrogens with one attached hydrogen (secondary N) is 1. The van der Waals surface area contributed by atoms with E-state index >= 15 is 0 Å². The third kappa shape index (κ3) is 4.59. The number of phenolic OH excluding ortho intramolecular Hbond substituents is 1. The van der Waals surface area contributed by atoms with Crippen molar-refractivity contribution >= 4 is 15.9 Å². The zero-order valence-electron chi connectivity index (χ0n) is 11.5. The maximum Gasteiger partial charge on any atom is 0.389 e. The van der Waals surface area contributed by atoms with Crippen LogP contribution < -0.4 is 5.32 Å². The number of benzene rings is 1. The monoisotopic (exact) mass is 366 g/mol. The molecule has 2 rings (SSSR count). The first-order chi connectivity index (χ1) is 9.88. The SMILES string of the molecule is Oc1c(Br)cccc1[C@@H](CCC(F)(F)F)N1CCNCC1. The van der Waals surface area contributed by atoms with Crippen molar-refractivity contribution in [1.29, 1.82) is 0 Å². The van der Waals surface area contributed by atoms with Gasteiger partial charge in [-0.3, -0.25) is 4.90 Å². The summed E-state index contributed by atoms with van der Waals surface area (Å²) < 4.78 is 38.2. The Labute approximate surface area is 130 Å². The van der Waals surface area contributed by atoms with Gasteiger partial charge in [-0.05, 0) is 28.4 Å². The molecule has 1 aliphatic heterocycles. The van der Waals surface area contributed by atoms with Gasteiger partial charge in [0.25, 0.3) is 0 Å². The molecule has 0 amide bonds. The van der Waals surface area contributed by atoms with Crippen molar-refractivity contribution < 1.29 is 18.3 Å². The summed E-state index contributed by atoms with van der Waals surface area (Å²) in [5.74, 6) is 0.0307. The van der Waals surface area contributed by atoms with Gasteiger partial charge in [0.2, 0.25) is 0 Å². The van der Waals surface area contributed by atoms with Crippen molar-refractivity contribution in [3.05, 3.63) is 28.2 Å². The van der Waals surface area contributed by atoms with Crippen LogP contribution in [0.5, 0.6) is 5.75 Å². The molecule has 118 valence electrons. The number of para-hydroxylation sites is 1. The minimum atomic E-state index is -4.19. The second-order valence-corrected chi connectivity index (χ2v) is 5.99. The van der Waals surface area contributed by atoms with Gasteiger partial charge in [0, 0.05) is 44.2 Å². The molecule has 1 heterocycles. The number of hydrogen-bond donors (Lipinski definition) is 2. The molecule has 0 spiro atoms. The number of hydrogen-bond acceptors (Lipinski definition) is 3. The van der Waals surface area contributed by atoms with Gasteiger partial charge in [-0.1, -0.05) is 12.1 Å². The van der Waals surface area contributed by atoms with Crippen LogP contribution in [0.3, 0.4) is 0 Å². The van der Waals surface area contributed by atoms with Crippen LogP contribution >= 0.6 is 15.9 Å². The van der Waals surface area contributed by atoms with E-state index in [0.29, 0.717) is 23.1 Å². The van der Waals surface area contributed by atoms with E-state index in [0.717, 1.165) is 13.1 Å². The Morgan fingerprint density at radius 3 is 2.57 bits per heavy atom. The lowest BCUT2D eigenvalue weighted by molar-refractivity contribution is -0.138. The first-order valence-corrected chi connectivity index (χ1v) is 7.66. The zero-order chi connectivity index (χ0) is 15.5. The molecule has 7 heteroatoms. The average molecular weight is 367 g/mol. The number of rotatable bonds is 4. The Morgan fingerprint density at radius 1 is 1.29 bits per heavy atom. The summed E-state index contributed by atoms with van der Waals surface area (Å²) in [5.41, 5.74) is 0.551. The Morgan fingerprint density at radius 2 is 1.95 bits per heavy atom. The molecule has 0 aliphatic carbocycles. The fourth-order valence-corrected chi connectivity index (χ4v) is 3.01. The van der Waals surface area contributed by atoms with E-state index in [4.69, 9.17) is 0 Å². The minimum Gasteiger partial charge on any atom is -0.506 e. The fourth-order valence-electron chi connectivity index (χ4n) is 2.63. The van der Waals surface area contributed by atoms with Crippen molar-refractivity contribution in [2.45, 2.75) is 25.1 Å². The molecule has 21 heavy (non-hydrogen) atoms. The van der Waals surface area contributed by atoms with Crippen molar-refractivity contribution in [1.82, 2.24) is 10.2 Å². The summed E-state index contributed by atoms with van der Waals surface area (Å²) >= 11 is 3.23. The molecule has 0 saturated carbocycles. The van der Waals surface area contributed by atoms with Crippen molar-refractivity contribution in [3.63, 3.8) is 0 Å². The zero-order valence-corrected chi connectivity index (χ0v) is 13.0. The smallest absolute Gasteiger partial charge is 0.389 e. The van der Waals surface area contributed by atoms with E-state index < -0.39 is 18.6 Å². The van der Waals surface area contributed by atoms with Crippen LogP contribution in [0.15, 0.2) is 22.7 Å². The molecular weight excluding hydrogens is 349 g/mol. The molecule has 1 aliphatic rings. The lowest BCUT2D eigenvalue weighted by Crippen LogP contribution is -2.45. The summed E-state index contributed by atoms with van der Waals surface area (Å²) in [6.45, 7) is 2.84. The molecule has 0 unspecified atom stereocenters. The van der Waals surface area contributed by atoms with E-state index in [-0.39, 0.29) is 12.2 Å². The van der Waals surface area contributed by atoms with Gasteiger partial charge in [-0.25, -0.2) is 0 Å². The number of phenols is 1. The summed E-state index contributed by atoms with van der Waals surface area (Å²) in [6.07, 6.45) is -5.09. The molecule has 2 N–H and O–H groups in total. The highest BCUT2D eigenvalue weighted by molar-refractivity contribution is 9.10. The molecule has 1 fully saturated rings. The molecule has 0 aromatic heterocycles. The number of nitrogens with zero attached hydrogens (tertiary/aromatic N) is 1. The Kier molecular flexibility index (Phi) is 5.51. The fraction of sp³-hybridized carbons (Fsp3) is 0.571. The van der Waals surface area contributed by atoms with E-state index in [1.54, 1.807) is 18.2 Å². The van der Waals surface area contributed by atoms with E-state index in [2.05, 4.69) is 21.2 Å². The van der Waals surface area contributed by atoms with Crippen LogP contribution in [0, 0.1) is 0 Å². The molecule has 1 aromatic carbocycles. The van der Waals surface area contributed by atoms with Gasteiger partial charge in [-0.2, -0.15) is 13.2 Å². The van der Waals surface area contributed by atoms with Crippen molar-refractivity contribution in [2.75, 3.05) is 26.2 Å². The van der Waals surface area contributed by atoms with Crippen LogP contribution in [-0.2, 0) is 0 Å². The topological polar surface area (TPSA) is 35.5 Å². The van der Waals surface area contributed by atoms with Gasteiger partial charge in [0.15, 0.2) is 0 Å². The summed E-state index contributed by atoms with van der Waals surface area (Å²) in [5, 5.41) is 13.3. The third-order valence-corrected chi connectivity index (χ3v) is 4.31. The summed E-state index contributed by atoms with van der Waals surface area (Å²) in [7, 11) is 0.